The van der Waals surface area contributed by atoms with Crippen molar-refractivity contribution in [2.45, 2.75) is 44.9 Å². The van der Waals surface area contributed by atoms with E-state index in [1.54, 1.807) is 20.8 Å². The normalized spacial score (nSPS) is 23.1. The molecule has 1 aliphatic heterocycles. The maximum absolute atomic E-state index is 12.0. The van der Waals surface area contributed by atoms with E-state index in [1.165, 1.54) is 4.90 Å². The van der Waals surface area contributed by atoms with Gasteiger partial charge < -0.3 is 9.58 Å². The Labute approximate surface area is 106 Å². The maximum atomic E-state index is 12.0. The van der Waals surface area contributed by atoms with E-state index >= 15 is 0 Å². The molecule has 7 heteroatoms. The van der Waals surface area contributed by atoms with Gasteiger partial charge in [0, 0.05) is 11.5 Å². The summed E-state index contributed by atoms with van der Waals surface area (Å²) in [6.45, 7) is 12.8. The van der Waals surface area contributed by atoms with Gasteiger partial charge in [0.15, 0.2) is 0 Å². The largest absolute Gasteiger partial charge is 0.444 e. The molecule has 1 fully saturated rings. The van der Waals surface area contributed by atoms with Crippen LogP contribution in [0.15, 0.2) is 5.11 Å². The van der Waals surface area contributed by atoms with Crippen LogP contribution in [0.3, 0.4) is 0 Å². The third kappa shape index (κ3) is 3.82. The molecule has 0 bridgehead atoms. The van der Waals surface area contributed by atoms with E-state index in [9.17, 15) is 4.79 Å². The van der Waals surface area contributed by atoms with Crippen molar-refractivity contribution < 1.29 is 9.53 Å². The fraction of sp³-hybridized carbons (Fsp3) is 0.818. The molecule has 0 unspecified atom stereocenters. The van der Waals surface area contributed by atoms with E-state index in [0.717, 1.165) is 0 Å². The number of amides is 1. The molecule has 7 nitrogen and oxygen atoms in total. The Balaban J connectivity index is 2.75. The smallest absolute Gasteiger partial charge is 0.410 e. The number of rotatable bonds is 2. The number of nitrogens with zero attached hydrogens (tertiary/aromatic N) is 5. The van der Waals surface area contributed by atoms with Crippen LogP contribution in [-0.4, -0.2) is 41.8 Å². The molecule has 18 heavy (non-hydrogen) atoms. The highest BCUT2D eigenvalue weighted by atomic mass is 16.6. The van der Waals surface area contributed by atoms with Gasteiger partial charge in [-0.05, 0) is 32.7 Å². The van der Waals surface area contributed by atoms with Crippen LogP contribution in [0.2, 0.25) is 0 Å². The molecular weight excluding hydrogens is 234 g/mol. The van der Waals surface area contributed by atoms with Gasteiger partial charge in [0.05, 0.1) is 6.04 Å². The number of ether oxygens (including phenoxy) is 1. The van der Waals surface area contributed by atoms with Gasteiger partial charge in [-0.15, -0.1) is 0 Å². The molecule has 0 aromatic rings. The van der Waals surface area contributed by atoms with Crippen molar-refractivity contribution in [2.75, 3.05) is 13.1 Å². The van der Waals surface area contributed by atoms with Crippen LogP contribution in [0.1, 0.15) is 27.2 Å². The van der Waals surface area contributed by atoms with Crippen molar-refractivity contribution >= 4 is 6.09 Å². The molecule has 98 valence electrons. The lowest BCUT2D eigenvalue weighted by Crippen LogP contribution is -2.41. The second-order valence-corrected chi connectivity index (χ2v) is 5.22. The van der Waals surface area contributed by atoms with Crippen LogP contribution in [0.25, 0.3) is 15.3 Å². The number of azide groups is 1. The van der Waals surface area contributed by atoms with E-state index in [4.69, 9.17) is 16.8 Å². The summed E-state index contributed by atoms with van der Waals surface area (Å²) >= 11 is 0. The second-order valence-electron chi connectivity index (χ2n) is 5.22. The first-order chi connectivity index (χ1) is 8.37. The Bertz CT molecular complexity index is 403. The zero-order valence-corrected chi connectivity index (χ0v) is 10.8. The van der Waals surface area contributed by atoms with Crippen LogP contribution < -0.4 is 0 Å². The number of carbonyl (C=O) groups is 1. The Kier molecular flexibility index (Phi) is 4.40. The summed E-state index contributed by atoms with van der Waals surface area (Å²) in [7, 11) is 0. The van der Waals surface area contributed by atoms with Gasteiger partial charge >= 0.3 is 6.09 Å². The lowest BCUT2D eigenvalue weighted by Gasteiger charge is -2.26. The summed E-state index contributed by atoms with van der Waals surface area (Å²) in [6, 6.07) is -0.498. The molecule has 1 saturated heterocycles. The van der Waals surface area contributed by atoms with Crippen molar-refractivity contribution in [3.63, 3.8) is 0 Å². The van der Waals surface area contributed by atoms with Gasteiger partial charge in [-0.25, -0.2) is 11.4 Å². The van der Waals surface area contributed by atoms with Gasteiger partial charge in [0.2, 0.25) is 6.54 Å². The molecule has 0 aliphatic carbocycles. The molecule has 0 N–H and O–H groups in total. The van der Waals surface area contributed by atoms with Crippen LogP contribution in [-0.2, 0) is 4.74 Å². The van der Waals surface area contributed by atoms with Crippen molar-refractivity contribution in [3.8, 4) is 0 Å². The summed E-state index contributed by atoms with van der Waals surface area (Å²) in [5.74, 6) is 0. The highest BCUT2D eigenvalue weighted by molar-refractivity contribution is 5.69. The van der Waals surface area contributed by atoms with E-state index in [2.05, 4.69) is 14.9 Å². The molecule has 0 aromatic heterocycles. The van der Waals surface area contributed by atoms with E-state index in [-0.39, 0.29) is 18.6 Å². The average molecular weight is 251 g/mol. The minimum atomic E-state index is -0.573. The summed E-state index contributed by atoms with van der Waals surface area (Å²) in [4.78, 5) is 19.5. The van der Waals surface area contributed by atoms with Gasteiger partial charge in [0.25, 0.3) is 0 Å². The first-order valence-corrected chi connectivity index (χ1v) is 5.74. The average Bonchev–Trinajstić information content (AvgIpc) is 2.60. The van der Waals surface area contributed by atoms with Gasteiger partial charge in [0.1, 0.15) is 11.6 Å². The van der Waals surface area contributed by atoms with E-state index in [1.807, 2.05) is 0 Å². The molecule has 1 heterocycles. The number of hydrogen-bond acceptors (Lipinski definition) is 3. The zero-order valence-electron chi connectivity index (χ0n) is 10.8. The number of carbonyl (C=O) groups excluding carboxylic acids is 1. The summed E-state index contributed by atoms with van der Waals surface area (Å²) in [6.07, 6.45) is 0.0675. The van der Waals surface area contributed by atoms with Gasteiger partial charge in [-0.3, -0.25) is 4.90 Å². The van der Waals surface area contributed by atoms with Crippen molar-refractivity contribution in [1.82, 2.24) is 4.90 Å². The highest BCUT2D eigenvalue weighted by Gasteiger charge is 2.38. The summed E-state index contributed by atoms with van der Waals surface area (Å²) in [5.41, 5.74) is 7.84. The van der Waals surface area contributed by atoms with Crippen LogP contribution in [0.4, 0.5) is 4.79 Å². The summed E-state index contributed by atoms with van der Waals surface area (Å²) < 4.78 is 5.27. The third-order valence-corrected chi connectivity index (χ3v) is 2.54. The van der Waals surface area contributed by atoms with Gasteiger partial charge in [-0.2, -0.15) is 0 Å². The Morgan fingerprint density at radius 3 is 2.78 bits per heavy atom. The van der Waals surface area contributed by atoms with E-state index < -0.39 is 11.7 Å². The molecule has 1 amide bonds. The minimum absolute atomic E-state index is 0.205. The van der Waals surface area contributed by atoms with Crippen molar-refractivity contribution in [2.24, 2.45) is 5.11 Å². The Morgan fingerprint density at radius 1 is 1.61 bits per heavy atom. The topological polar surface area (TPSA) is 82.7 Å². The fourth-order valence-corrected chi connectivity index (χ4v) is 1.87. The summed E-state index contributed by atoms with van der Waals surface area (Å²) in [5, 5.41) is 3.61. The van der Waals surface area contributed by atoms with E-state index in [0.29, 0.717) is 13.0 Å². The first-order valence-electron chi connectivity index (χ1n) is 5.74. The monoisotopic (exact) mass is 251 g/mol. The lowest BCUT2D eigenvalue weighted by atomic mass is 10.2. The standard InChI is InChI=1S/C11H17N5O2/c1-11(2,3)18-10(17)16-7-8(14-15-12)5-9(16)6-13-4/h8-9H,5-7H2,1-3H3/t8-,9-/m1/s1. The predicted octanol–water partition coefficient (Wildman–Crippen LogP) is 2.59. The molecule has 0 aromatic carbocycles. The Morgan fingerprint density at radius 2 is 2.28 bits per heavy atom. The Hall–Kier alpha value is -1.93. The van der Waals surface area contributed by atoms with Crippen LogP contribution >= 0.6 is 0 Å². The minimum Gasteiger partial charge on any atom is -0.444 e. The number of likely N-dealkylation sites (tertiary alicyclic amines) is 1. The number of hydrogen-bond donors (Lipinski definition) is 0. The lowest BCUT2D eigenvalue weighted by molar-refractivity contribution is 0.0235. The van der Waals surface area contributed by atoms with Crippen LogP contribution in [0, 0.1) is 6.57 Å². The molecule has 0 saturated carbocycles. The second kappa shape index (κ2) is 5.61. The predicted molar refractivity (Wildman–Crippen MR) is 65.7 cm³/mol. The van der Waals surface area contributed by atoms with Crippen molar-refractivity contribution in [3.05, 3.63) is 21.9 Å². The first kappa shape index (κ1) is 14.1. The maximum Gasteiger partial charge on any atom is 0.410 e. The van der Waals surface area contributed by atoms with Crippen molar-refractivity contribution in [1.29, 1.82) is 0 Å². The molecular formula is C11H17N5O2. The molecule has 0 spiro atoms. The molecule has 0 radical (unpaired) electrons. The fourth-order valence-electron chi connectivity index (χ4n) is 1.87. The molecule has 1 aliphatic rings. The van der Waals surface area contributed by atoms with Crippen LogP contribution in [0.5, 0.6) is 0 Å². The third-order valence-electron chi connectivity index (χ3n) is 2.54. The quantitative estimate of drug-likeness (QED) is 0.327. The molecule has 1 rings (SSSR count). The van der Waals surface area contributed by atoms with Gasteiger partial charge in [-0.1, -0.05) is 5.11 Å². The SMILES string of the molecule is [C-]#[N+]C[C@H]1C[C@@H](N=[N+]=[N-])CN1C(=O)OC(C)(C)C. The zero-order chi connectivity index (χ0) is 13.8. The molecule has 2 atom stereocenters. The highest BCUT2D eigenvalue weighted by Crippen LogP contribution is 2.23.